The summed E-state index contributed by atoms with van der Waals surface area (Å²) in [6.45, 7) is 0.403. The van der Waals surface area contributed by atoms with Crippen LogP contribution in [0.4, 0.5) is 4.79 Å². The number of urea groups is 1. The summed E-state index contributed by atoms with van der Waals surface area (Å²) in [7, 11) is 0. The highest BCUT2D eigenvalue weighted by molar-refractivity contribution is 5.95. The van der Waals surface area contributed by atoms with E-state index in [1.807, 2.05) is 35.8 Å². The number of hydrogen-bond acceptors (Lipinski definition) is 4. The third kappa shape index (κ3) is 4.50. The number of ether oxygens (including phenoxy) is 1. The summed E-state index contributed by atoms with van der Waals surface area (Å²) in [4.78, 5) is 22.7. The van der Waals surface area contributed by atoms with Gasteiger partial charge in [0.05, 0.1) is 0 Å². The second kappa shape index (κ2) is 7.65. The van der Waals surface area contributed by atoms with Crippen molar-refractivity contribution in [1.29, 1.82) is 0 Å². The molecule has 0 aliphatic rings. The fraction of sp³-hybridized carbons (Fsp3) is 0.0667. The molecule has 7 nitrogen and oxygen atoms in total. The maximum Gasteiger partial charge on any atom is 0.347 e. The Morgan fingerprint density at radius 1 is 1.00 bits per heavy atom. The average Bonchev–Trinajstić information content (AvgIpc) is 2.58. The van der Waals surface area contributed by atoms with Gasteiger partial charge in [-0.15, -0.1) is 0 Å². The molecule has 7 heteroatoms. The molecule has 114 valence electrons. The molecule has 2 aromatic rings. The van der Waals surface area contributed by atoms with Crippen molar-refractivity contribution in [3.8, 4) is 5.75 Å². The average molecular weight is 300 g/mol. The maximum atomic E-state index is 11.8. The Hall–Kier alpha value is -3.06. The zero-order valence-electron chi connectivity index (χ0n) is 11.7. The smallest absolute Gasteiger partial charge is 0.347 e. The standard InChI is InChI=1S/C15H16N4O3/c16-17-15(21)19-18-14(20)12-7-4-8-13(9-12)22-10-11-5-2-1-3-6-11/h1-9H,10,16H2,(H,18,20)(H2,17,19,21). The highest BCUT2D eigenvalue weighted by Crippen LogP contribution is 2.15. The molecule has 0 unspecified atom stereocenters. The molecule has 0 aliphatic heterocycles. The van der Waals surface area contributed by atoms with Gasteiger partial charge in [0.25, 0.3) is 5.91 Å². The molecule has 0 saturated carbocycles. The minimum Gasteiger partial charge on any atom is -0.489 e. The Labute approximate surface area is 127 Å². The van der Waals surface area contributed by atoms with Crippen LogP contribution in [-0.2, 0) is 6.61 Å². The number of nitrogens with two attached hydrogens (primary N) is 1. The summed E-state index contributed by atoms with van der Waals surface area (Å²) < 4.78 is 5.63. The van der Waals surface area contributed by atoms with Crippen LogP contribution < -0.4 is 26.9 Å². The molecule has 0 heterocycles. The van der Waals surface area contributed by atoms with Crippen LogP contribution in [0.3, 0.4) is 0 Å². The molecule has 0 atom stereocenters. The number of rotatable bonds is 4. The fourth-order valence-electron chi connectivity index (χ4n) is 1.69. The van der Waals surface area contributed by atoms with E-state index in [1.54, 1.807) is 24.3 Å². The molecule has 3 amide bonds. The lowest BCUT2D eigenvalue weighted by molar-refractivity contribution is 0.0936. The van der Waals surface area contributed by atoms with Gasteiger partial charge in [0.2, 0.25) is 0 Å². The number of carbonyl (C=O) groups excluding carboxylic acids is 2. The largest absolute Gasteiger partial charge is 0.489 e. The summed E-state index contributed by atoms with van der Waals surface area (Å²) >= 11 is 0. The van der Waals surface area contributed by atoms with Crippen LogP contribution in [0.25, 0.3) is 0 Å². The molecule has 2 rings (SSSR count). The highest BCUT2D eigenvalue weighted by atomic mass is 16.5. The minimum absolute atomic E-state index is 0.350. The zero-order chi connectivity index (χ0) is 15.8. The molecule has 2 aromatic carbocycles. The van der Waals surface area contributed by atoms with Gasteiger partial charge in [-0.05, 0) is 23.8 Å². The lowest BCUT2D eigenvalue weighted by atomic mass is 10.2. The van der Waals surface area contributed by atoms with E-state index in [0.717, 1.165) is 5.56 Å². The van der Waals surface area contributed by atoms with Gasteiger partial charge in [0.1, 0.15) is 12.4 Å². The predicted molar refractivity (Wildman–Crippen MR) is 80.5 cm³/mol. The van der Waals surface area contributed by atoms with E-state index in [4.69, 9.17) is 10.6 Å². The van der Waals surface area contributed by atoms with Gasteiger partial charge in [0, 0.05) is 5.56 Å². The molecule has 0 radical (unpaired) electrons. The summed E-state index contributed by atoms with van der Waals surface area (Å²) in [5.41, 5.74) is 7.52. The zero-order valence-corrected chi connectivity index (χ0v) is 11.7. The van der Waals surface area contributed by atoms with Crippen molar-refractivity contribution in [2.24, 2.45) is 5.84 Å². The van der Waals surface area contributed by atoms with Gasteiger partial charge >= 0.3 is 6.03 Å². The summed E-state index contributed by atoms with van der Waals surface area (Å²) in [5.74, 6) is 4.96. The normalized spacial score (nSPS) is 9.68. The van der Waals surface area contributed by atoms with E-state index in [1.165, 1.54) is 0 Å². The monoisotopic (exact) mass is 300 g/mol. The third-order valence-corrected chi connectivity index (χ3v) is 2.77. The molecule has 0 saturated heterocycles. The molecular weight excluding hydrogens is 284 g/mol. The topological polar surface area (TPSA) is 105 Å². The second-order valence-electron chi connectivity index (χ2n) is 4.35. The Morgan fingerprint density at radius 2 is 1.77 bits per heavy atom. The van der Waals surface area contributed by atoms with Crippen LogP contribution in [-0.4, -0.2) is 11.9 Å². The van der Waals surface area contributed by atoms with Crippen LogP contribution in [0.15, 0.2) is 54.6 Å². The van der Waals surface area contributed by atoms with Gasteiger partial charge in [-0.2, -0.15) is 0 Å². The Balaban J connectivity index is 1.94. The van der Waals surface area contributed by atoms with Crippen LogP contribution in [0.2, 0.25) is 0 Å². The molecule has 0 aliphatic carbocycles. The van der Waals surface area contributed by atoms with Gasteiger partial charge in [-0.1, -0.05) is 36.4 Å². The Kier molecular flexibility index (Phi) is 5.33. The number of hydrogen-bond donors (Lipinski definition) is 4. The minimum atomic E-state index is -0.718. The third-order valence-electron chi connectivity index (χ3n) is 2.77. The van der Waals surface area contributed by atoms with Crippen LogP contribution in [0, 0.1) is 0 Å². The molecule has 0 bridgehead atoms. The highest BCUT2D eigenvalue weighted by Gasteiger charge is 2.07. The van der Waals surface area contributed by atoms with Crippen molar-refractivity contribution in [2.45, 2.75) is 6.61 Å². The fourth-order valence-corrected chi connectivity index (χ4v) is 1.69. The van der Waals surface area contributed by atoms with Gasteiger partial charge in [-0.25, -0.2) is 16.1 Å². The van der Waals surface area contributed by atoms with Gasteiger partial charge < -0.3 is 4.74 Å². The van der Waals surface area contributed by atoms with Crippen LogP contribution >= 0.6 is 0 Å². The molecule has 22 heavy (non-hydrogen) atoms. The number of carbonyl (C=O) groups is 2. The molecule has 5 N–H and O–H groups in total. The number of benzene rings is 2. The summed E-state index contributed by atoms with van der Waals surface area (Å²) in [5, 5.41) is 0. The molecule has 0 aromatic heterocycles. The van der Waals surface area contributed by atoms with Crippen molar-refractivity contribution < 1.29 is 14.3 Å². The van der Waals surface area contributed by atoms with Crippen molar-refractivity contribution in [3.05, 3.63) is 65.7 Å². The van der Waals surface area contributed by atoms with Crippen molar-refractivity contribution in [2.75, 3.05) is 0 Å². The van der Waals surface area contributed by atoms with Crippen LogP contribution in [0.5, 0.6) is 5.75 Å². The van der Waals surface area contributed by atoms with Crippen molar-refractivity contribution in [1.82, 2.24) is 16.3 Å². The predicted octanol–water partition coefficient (Wildman–Crippen LogP) is 1.08. The lowest BCUT2D eigenvalue weighted by Crippen LogP contribution is -2.49. The van der Waals surface area contributed by atoms with E-state index in [2.05, 4.69) is 10.9 Å². The number of amides is 3. The first kappa shape index (κ1) is 15.3. The van der Waals surface area contributed by atoms with E-state index in [9.17, 15) is 9.59 Å². The van der Waals surface area contributed by atoms with Crippen molar-refractivity contribution >= 4 is 11.9 Å². The van der Waals surface area contributed by atoms with E-state index in [-0.39, 0.29) is 0 Å². The molecule has 0 spiro atoms. The van der Waals surface area contributed by atoms with Crippen LogP contribution in [0.1, 0.15) is 15.9 Å². The van der Waals surface area contributed by atoms with Crippen molar-refractivity contribution in [3.63, 3.8) is 0 Å². The van der Waals surface area contributed by atoms with Gasteiger partial charge in [-0.3, -0.25) is 15.6 Å². The summed E-state index contributed by atoms with van der Waals surface area (Å²) in [6, 6.07) is 15.6. The molecule has 0 fully saturated rings. The maximum absolute atomic E-state index is 11.8. The molecular formula is C15H16N4O3. The first-order valence-electron chi connectivity index (χ1n) is 6.53. The lowest BCUT2D eigenvalue weighted by Gasteiger charge is -2.09. The van der Waals surface area contributed by atoms with E-state index in [0.29, 0.717) is 17.9 Å². The summed E-state index contributed by atoms with van der Waals surface area (Å²) in [6.07, 6.45) is 0. The Morgan fingerprint density at radius 3 is 2.50 bits per heavy atom. The SMILES string of the molecule is NNC(=O)NNC(=O)c1cccc(OCc2ccccc2)c1. The van der Waals surface area contributed by atoms with E-state index >= 15 is 0 Å². The first-order chi connectivity index (χ1) is 10.7. The van der Waals surface area contributed by atoms with E-state index < -0.39 is 11.9 Å². The second-order valence-corrected chi connectivity index (χ2v) is 4.35. The number of nitrogens with one attached hydrogen (secondary N) is 3. The number of hydrazine groups is 2. The van der Waals surface area contributed by atoms with Gasteiger partial charge in [0.15, 0.2) is 0 Å². The quantitative estimate of drug-likeness (QED) is 0.385. The Bertz CT molecular complexity index is 646. The first-order valence-corrected chi connectivity index (χ1v) is 6.53.